The molecule has 0 bridgehead atoms. The van der Waals surface area contributed by atoms with Crippen LogP contribution in [-0.2, 0) is 11.3 Å². The second kappa shape index (κ2) is 7.63. The van der Waals surface area contributed by atoms with E-state index in [1.165, 1.54) is 6.42 Å². The van der Waals surface area contributed by atoms with Crippen LogP contribution in [0.2, 0.25) is 0 Å². The van der Waals surface area contributed by atoms with Gasteiger partial charge in [-0.05, 0) is 44.1 Å². The summed E-state index contributed by atoms with van der Waals surface area (Å²) in [6.45, 7) is 6.56. The highest BCUT2D eigenvalue weighted by atomic mass is 16.5. The van der Waals surface area contributed by atoms with Gasteiger partial charge in [-0.15, -0.1) is 0 Å². The molecule has 1 aromatic heterocycles. The smallest absolute Gasteiger partial charge is 0.274 e. The fourth-order valence-corrected chi connectivity index (χ4v) is 3.95. The second-order valence-corrected chi connectivity index (χ2v) is 7.36. The highest BCUT2D eigenvalue weighted by molar-refractivity contribution is 5.79. The van der Waals surface area contributed by atoms with E-state index in [0.717, 1.165) is 37.2 Å². The molecule has 1 unspecified atom stereocenters. The third-order valence-corrected chi connectivity index (χ3v) is 5.49. The van der Waals surface area contributed by atoms with Crippen molar-refractivity contribution in [1.29, 1.82) is 0 Å². The Morgan fingerprint density at radius 1 is 1.32 bits per heavy atom. The molecule has 1 fully saturated rings. The first-order valence-corrected chi connectivity index (χ1v) is 9.68. The summed E-state index contributed by atoms with van der Waals surface area (Å²) in [5.41, 5.74) is 7.67. The molecule has 28 heavy (non-hydrogen) atoms. The van der Waals surface area contributed by atoms with Crippen molar-refractivity contribution < 1.29 is 9.53 Å². The van der Waals surface area contributed by atoms with Crippen LogP contribution in [0, 0.1) is 0 Å². The van der Waals surface area contributed by atoms with Gasteiger partial charge in [0, 0.05) is 12.0 Å². The zero-order valence-corrected chi connectivity index (χ0v) is 15.8. The number of hydrogen-bond acceptors (Lipinski definition) is 5. The molecule has 1 atom stereocenters. The molecule has 8 nitrogen and oxygen atoms in total. The molecular weight excluding hydrogens is 358 g/mol. The molecule has 1 saturated heterocycles. The fourth-order valence-electron chi connectivity index (χ4n) is 3.95. The van der Waals surface area contributed by atoms with E-state index in [1.807, 2.05) is 18.2 Å². The number of nitrogens with two attached hydrogens (primary N) is 1. The summed E-state index contributed by atoms with van der Waals surface area (Å²) in [6, 6.07) is 5.37. The highest BCUT2D eigenvalue weighted by Crippen LogP contribution is 2.26. The quantitative estimate of drug-likeness (QED) is 0.625. The summed E-state index contributed by atoms with van der Waals surface area (Å²) in [7, 11) is 0. The van der Waals surface area contributed by atoms with Gasteiger partial charge in [0.2, 0.25) is 11.5 Å². The number of carbonyl (C=O) groups is 1. The molecule has 0 saturated carbocycles. The fraction of sp³-hybridized carbons (Fsp3) is 0.450. The van der Waals surface area contributed by atoms with Gasteiger partial charge >= 0.3 is 0 Å². The molecule has 2 aromatic rings. The number of primary amides is 1. The van der Waals surface area contributed by atoms with Gasteiger partial charge in [0.15, 0.2) is 0 Å². The van der Waals surface area contributed by atoms with Crippen LogP contribution in [0.25, 0.3) is 6.58 Å². The van der Waals surface area contributed by atoms with Crippen molar-refractivity contribution in [3.63, 3.8) is 0 Å². The van der Waals surface area contributed by atoms with Crippen LogP contribution in [0.4, 0.5) is 5.69 Å². The van der Waals surface area contributed by atoms with E-state index < -0.39 is 0 Å². The molecule has 0 spiro atoms. The lowest BCUT2D eigenvalue weighted by atomic mass is 10.1. The summed E-state index contributed by atoms with van der Waals surface area (Å²) >= 11 is 0. The van der Waals surface area contributed by atoms with Crippen LogP contribution in [0.15, 0.2) is 28.0 Å². The number of aromatic amines is 1. The predicted molar refractivity (Wildman–Crippen MR) is 105 cm³/mol. The third-order valence-electron chi connectivity index (χ3n) is 5.49. The second-order valence-electron chi connectivity index (χ2n) is 7.36. The molecule has 8 heteroatoms. The van der Waals surface area contributed by atoms with E-state index in [-0.39, 0.29) is 17.5 Å². The van der Waals surface area contributed by atoms with E-state index in [9.17, 15) is 9.59 Å². The summed E-state index contributed by atoms with van der Waals surface area (Å²) < 4.78 is 7.65. The van der Waals surface area contributed by atoms with Crippen molar-refractivity contribution in [2.24, 2.45) is 10.7 Å². The predicted octanol–water partition coefficient (Wildman–Crippen LogP) is 0.00840. The van der Waals surface area contributed by atoms with E-state index >= 15 is 0 Å². The normalized spacial score (nSPS) is 17.3. The lowest BCUT2D eigenvalue weighted by molar-refractivity contribution is -0.124. The molecule has 1 aromatic carbocycles. The summed E-state index contributed by atoms with van der Waals surface area (Å²) in [5, 5.41) is 0.390. The summed E-state index contributed by atoms with van der Waals surface area (Å²) in [5.74, 6) is 0.422. The molecule has 1 amide bonds. The number of ether oxygens (including phenoxy) is 1. The van der Waals surface area contributed by atoms with E-state index in [1.54, 1.807) is 4.57 Å². The lowest BCUT2D eigenvalue weighted by Gasteiger charge is -2.32. The average molecular weight is 383 g/mol. The molecular formula is C20H25N5O3. The zero-order valence-electron chi connectivity index (χ0n) is 15.8. The number of amides is 1. The number of rotatable bonds is 6. The van der Waals surface area contributed by atoms with Crippen LogP contribution in [-0.4, -0.2) is 46.1 Å². The van der Waals surface area contributed by atoms with Crippen LogP contribution in [0.1, 0.15) is 31.2 Å². The lowest BCUT2D eigenvalue weighted by Crippen LogP contribution is -2.47. The molecule has 0 aliphatic carbocycles. The highest BCUT2D eigenvalue weighted by Gasteiger charge is 2.25. The van der Waals surface area contributed by atoms with Gasteiger partial charge in [0.05, 0.1) is 24.9 Å². The number of aromatic nitrogens is 2. The Morgan fingerprint density at radius 2 is 2.11 bits per heavy atom. The first kappa shape index (κ1) is 18.5. The van der Waals surface area contributed by atoms with Crippen molar-refractivity contribution in [2.75, 3.05) is 19.7 Å². The molecule has 4 rings (SSSR count). The van der Waals surface area contributed by atoms with Gasteiger partial charge in [-0.25, -0.2) is 4.99 Å². The molecule has 3 heterocycles. The van der Waals surface area contributed by atoms with Gasteiger partial charge in [-0.2, -0.15) is 0 Å². The van der Waals surface area contributed by atoms with Gasteiger partial charge < -0.3 is 15.0 Å². The first-order chi connectivity index (χ1) is 13.5. The van der Waals surface area contributed by atoms with Gasteiger partial charge in [0.25, 0.3) is 5.56 Å². The monoisotopic (exact) mass is 383 g/mol. The molecule has 2 aliphatic rings. The van der Waals surface area contributed by atoms with E-state index in [4.69, 9.17) is 10.5 Å². The number of benzene rings is 1. The maximum absolute atomic E-state index is 11.9. The average Bonchev–Trinajstić information content (AvgIpc) is 2.97. The molecule has 0 radical (unpaired) electrons. The van der Waals surface area contributed by atoms with E-state index in [2.05, 4.69) is 21.5 Å². The number of carbonyl (C=O) groups excluding carboxylic acids is 1. The third kappa shape index (κ3) is 3.60. The largest absolute Gasteiger partial charge is 0.494 e. The number of imidazole rings is 1. The Kier molecular flexibility index (Phi) is 5.04. The Labute approximate surface area is 162 Å². The zero-order chi connectivity index (χ0) is 19.7. The number of nitrogens with one attached hydrogen (secondary N) is 1. The maximum atomic E-state index is 11.9. The number of hydrogen-bond donors (Lipinski definition) is 2. The van der Waals surface area contributed by atoms with Crippen LogP contribution in [0.5, 0.6) is 5.75 Å². The first-order valence-electron chi connectivity index (χ1n) is 9.68. The molecule has 148 valence electrons. The Balaban J connectivity index is 1.43. The number of piperidine rings is 1. The topological polar surface area (TPSA) is 106 Å². The van der Waals surface area contributed by atoms with Crippen molar-refractivity contribution in [3.05, 3.63) is 45.1 Å². The van der Waals surface area contributed by atoms with Crippen molar-refractivity contribution >= 4 is 18.2 Å². The number of fused-ring (bicyclic) bond motifs is 2. The standard InChI is InChI=1S/C20H25N5O3/c1-13-19(27)23-20-22-16-6-5-15(11-14(16)12-25(13)20)28-10-7-17(18(21)26)24-8-3-2-4-9-24/h5-6,11,17H,1-4,7-10,12H2,(H2,21,26)(H,22,23,27). The number of likely N-dealkylation sites (tertiary alicyclic amines) is 1. The van der Waals surface area contributed by atoms with Gasteiger partial charge in [-0.3, -0.25) is 19.5 Å². The van der Waals surface area contributed by atoms with Gasteiger partial charge in [0.1, 0.15) is 11.1 Å². The number of nitrogens with zero attached hydrogens (tertiary/aromatic N) is 3. The minimum atomic E-state index is -0.289. The van der Waals surface area contributed by atoms with Crippen molar-refractivity contribution in [2.45, 2.75) is 38.3 Å². The van der Waals surface area contributed by atoms with Crippen LogP contribution in [0.3, 0.4) is 0 Å². The Hall–Kier alpha value is -2.87. The Bertz CT molecular complexity index is 1050. The Morgan fingerprint density at radius 3 is 2.86 bits per heavy atom. The van der Waals surface area contributed by atoms with E-state index in [0.29, 0.717) is 36.3 Å². The van der Waals surface area contributed by atoms with Gasteiger partial charge in [-0.1, -0.05) is 13.0 Å². The van der Waals surface area contributed by atoms with Crippen LogP contribution >= 0.6 is 0 Å². The van der Waals surface area contributed by atoms with Crippen molar-refractivity contribution in [3.8, 4) is 5.75 Å². The summed E-state index contributed by atoms with van der Waals surface area (Å²) in [4.78, 5) is 33.0. The maximum Gasteiger partial charge on any atom is 0.274 e. The van der Waals surface area contributed by atoms with Crippen LogP contribution < -0.4 is 27.0 Å². The molecule has 3 N–H and O–H groups in total. The SMILES string of the molecule is C=c1c(=O)[nH]c2n1Cc1cc(OCCC(C(N)=O)N3CCCCC3)ccc1N=2. The summed E-state index contributed by atoms with van der Waals surface area (Å²) in [6.07, 6.45) is 3.99. The molecule has 2 aliphatic heterocycles. The minimum absolute atomic E-state index is 0.224. The van der Waals surface area contributed by atoms with Crippen molar-refractivity contribution in [1.82, 2.24) is 14.5 Å². The minimum Gasteiger partial charge on any atom is -0.494 e. The number of H-pyrrole nitrogens is 1.